The molecule has 5 rings (SSSR count). The Kier molecular flexibility index (Phi) is 6.13. The largest absolute Gasteiger partial charge is 0.379 e. The molecule has 0 radical (unpaired) electrons. The molecule has 1 aromatic heterocycles. The highest BCUT2D eigenvalue weighted by molar-refractivity contribution is 7.89. The molecule has 7 nitrogen and oxygen atoms in total. The lowest BCUT2D eigenvalue weighted by Gasteiger charge is -2.26. The lowest BCUT2D eigenvalue weighted by Crippen LogP contribution is -2.40. The zero-order valence-corrected chi connectivity index (χ0v) is 19.5. The Morgan fingerprint density at radius 3 is 2.56 bits per heavy atom. The molecule has 0 unspecified atom stereocenters. The number of hydrogen-bond acceptors (Lipinski definition) is 6. The van der Waals surface area contributed by atoms with E-state index in [-0.39, 0.29) is 36.8 Å². The van der Waals surface area contributed by atoms with Gasteiger partial charge in [-0.15, -0.1) is 11.3 Å². The Bertz CT molecular complexity index is 1450. The Labute approximate surface area is 199 Å². The Hall–Kier alpha value is -3.18. The molecule has 0 saturated carbocycles. The molecule has 0 atom stereocenters. The van der Waals surface area contributed by atoms with Crippen LogP contribution in [0.4, 0.5) is 10.1 Å². The number of aromatic nitrogens is 1. The van der Waals surface area contributed by atoms with Crippen LogP contribution in [0.15, 0.2) is 71.6 Å². The summed E-state index contributed by atoms with van der Waals surface area (Å²) in [7, 11) is -3.88. The van der Waals surface area contributed by atoms with Crippen molar-refractivity contribution in [1.82, 2.24) is 9.29 Å². The second-order valence-corrected chi connectivity index (χ2v) is 10.6. The number of thiazole rings is 1. The van der Waals surface area contributed by atoms with Gasteiger partial charge in [-0.25, -0.2) is 17.8 Å². The number of carbonyl (C=O) groups is 1. The van der Waals surface area contributed by atoms with Gasteiger partial charge in [0.15, 0.2) is 0 Å². The van der Waals surface area contributed by atoms with Crippen LogP contribution in [0.3, 0.4) is 0 Å². The maximum absolute atomic E-state index is 14.6. The number of morpholine rings is 1. The van der Waals surface area contributed by atoms with E-state index in [9.17, 15) is 17.6 Å². The average molecular weight is 498 g/mol. The molecule has 0 bridgehead atoms. The van der Waals surface area contributed by atoms with E-state index in [4.69, 9.17) is 4.74 Å². The Morgan fingerprint density at radius 1 is 1.03 bits per heavy atom. The monoisotopic (exact) mass is 497 g/mol. The highest BCUT2D eigenvalue weighted by Gasteiger charge is 2.28. The summed E-state index contributed by atoms with van der Waals surface area (Å²) >= 11 is 1.48. The molecule has 3 aromatic carbocycles. The van der Waals surface area contributed by atoms with Crippen molar-refractivity contribution in [2.45, 2.75) is 4.90 Å². The quantitative estimate of drug-likeness (QED) is 0.442. The molecular weight excluding hydrogens is 477 g/mol. The normalized spacial score (nSPS) is 14.9. The molecule has 0 aliphatic carbocycles. The first kappa shape index (κ1) is 22.6. The predicted octanol–water partition coefficient (Wildman–Crippen LogP) is 4.38. The van der Waals surface area contributed by atoms with E-state index in [0.717, 1.165) is 22.3 Å². The van der Waals surface area contributed by atoms with E-state index in [1.54, 1.807) is 12.1 Å². The van der Waals surface area contributed by atoms with Crippen molar-refractivity contribution in [2.75, 3.05) is 31.6 Å². The fourth-order valence-corrected chi connectivity index (χ4v) is 6.17. The summed E-state index contributed by atoms with van der Waals surface area (Å²) in [6, 6.07) is 18.1. The van der Waals surface area contributed by atoms with Crippen molar-refractivity contribution >= 4 is 43.2 Å². The highest BCUT2D eigenvalue weighted by Crippen LogP contribution is 2.34. The van der Waals surface area contributed by atoms with E-state index in [2.05, 4.69) is 10.3 Å². The van der Waals surface area contributed by atoms with Gasteiger partial charge in [0.2, 0.25) is 10.0 Å². The van der Waals surface area contributed by atoms with Gasteiger partial charge in [0.25, 0.3) is 5.91 Å². The van der Waals surface area contributed by atoms with Gasteiger partial charge in [-0.3, -0.25) is 4.79 Å². The number of rotatable bonds is 5. The third-order valence-electron chi connectivity index (χ3n) is 5.49. The molecule has 0 spiro atoms. The summed E-state index contributed by atoms with van der Waals surface area (Å²) in [5.41, 5.74) is 1.63. The number of para-hydroxylation sites is 2. The molecule has 1 fully saturated rings. The van der Waals surface area contributed by atoms with Crippen LogP contribution in [-0.2, 0) is 14.8 Å². The number of fused-ring (bicyclic) bond motifs is 1. The number of nitrogens with one attached hydrogen (secondary N) is 1. The van der Waals surface area contributed by atoms with Crippen molar-refractivity contribution in [3.8, 4) is 10.6 Å². The molecule has 1 saturated heterocycles. The summed E-state index contributed by atoms with van der Waals surface area (Å²) in [6.07, 6.45) is 0. The predicted molar refractivity (Wildman–Crippen MR) is 129 cm³/mol. The summed E-state index contributed by atoms with van der Waals surface area (Å²) in [5.74, 6) is -1.55. The summed E-state index contributed by atoms with van der Waals surface area (Å²) in [5, 5.41) is 3.44. The van der Waals surface area contributed by atoms with Gasteiger partial charge in [0, 0.05) is 18.7 Å². The first-order chi connectivity index (χ1) is 16.4. The summed E-state index contributed by atoms with van der Waals surface area (Å²) in [6.45, 7) is 0.986. The highest BCUT2D eigenvalue weighted by atomic mass is 32.2. The number of benzene rings is 3. The molecule has 10 heteroatoms. The van der Waals surface area contributed by atoms with Crippen LogP contribution in [0.2, 0.25) is 0 Å². The summed E-state index contributed by atoms with van der Waals surface area (Å²) in [4.78, 5) is 17.5. The number of halogens is 1. The lowest BCUT2D eigenvalue weighted by atomic mass is 10.1. The van der Waals surface area contributed by atoms with Crippen LogP contribution in [-0.4, -0.2) is 49.9 Å². The zero-order valence-electron chi connectivity index (χ0n) is 17.9. The second-order valence-electron chi connectivity index (χ2n) is 7.64. The van der Waals surface area contributed by atoms with Crippen LogP contribution >= 0.6 is 11.3 Å². The third-order valence-corrected chi connectivity index (χ3v) is 8.45. The maximum Gasteiger partial charge on any atom is 0.258 e. The standard InChI is InChI=1S/C24H20FN3O4S2/c25-19-10-9-16(34(30,31)28-11-13-32-14-12-28)15-18(19)23(29)26-20-6-2-1-5-17(20)24-27-21-7-3-4-8-22(21)33-24/h1-10,15H,11-14H2,(H,26,29). The van der Waals surface area contributed by atoms with E-state index in [1.807, 2.05) is 36.4 Å². The van der Waals surface area contributed by atoms with Crippen LogP contribution in [0.1, 0.15) is 10.4 Å². The molecule has 1 N–H and O–H groups in total. The average Bonchev–Trinajstić information content (AvgIpc) is 3.29. The molecule has 1 amide bonds. The van der Waals surface area contributed by atoms with Crippen molar-refractivity contribution in [1.29, 1.82) is 0 Å². The smallest absolute Gasteiger partial charge is 0.258 e. The SMILES string of the molecule is O=C(Nc1ccccc1-c1nc2ccccc2s1)c1cc(S(=O)(=O)N2CCOCC2)ccc1F. The van der Waals surface area contributed by atoms with E-state index in [0.29, 0.717) is 16.3 Å². The Balaban J connectivity index is 1.46. The van der Waals surface area contributed by atoms with Crippen molar-refractivity contribution in [3.63, 3.8) is 0 Å². The van der Waals surface area contributed by atoms with Gasteiger partial charge < -0.3 is 10.1 Å². The minimum Gasteiger partial charge on any atom is -0.379 e. The second kappa shape index (κ2) is 9.22. The molecule has 34 heavy (non-hydrogen) atoms. The van der Waals surface area contributed by atoms with E-state index >= 15 is 0 Å². The Morgan fingerprint density at radius 2 is 1.76 bits per heavy atom. The number of sulfonamides is 1. The molecule has 2 heterocycles. The van der Waals surface area contributed by atoms with Crippen molar-refractivity contribution in [2.24, 2.45) is 0 Å². The minimum absolute atomic E-state index is 0.139. The van der Waals surface area contributed by atoms with Crippen molar-refractivity contribution in [3.05, 3.63) is 78.1 Å². The molecule has 1 aliphatic heterocycles. The molecule has 4 aromatic rings. The van der Waals surface area contributed by atoms with Crippen molar-refractivity contribution < 1.29 is 22.3 Å². The fourth-order valence-electron chi connectivity index (χ4n) is 3.73. The zero-order chi connectivity index (χ0) is 23.7. The lowest BCUT2D eigenvalue weighted by molar-refractivity contribution is 0.0730. The number of ether oxygens (including phenoxy) is 1. The number of amides is 1. The van der Waals surface area contributed by atoms with Crippen LogP contribution < -0.4 is 5.32 Å². The number of nitrogens with zero attached hydrogens (tertiary/aromatic N) is 2. The van der Waals surface area contributed by atoms with Crippen LogP contribution in [0.5, 0.6) is 0 Å². The molecular formula is C24H20FN3O4S2. The number of hydrogen-bond donors (Lipinski definition) is 1. The third kappa shape index (κ3) is 4.32. The van der Waals surface area contributed by atoms with Gasteiger partial charge in [-0.1, -0.05) is 24.3 Å². The first-order valence-corrected chi connectivity index (χ1v) is 12.8. The number of anilines is 1. The topological polar surface area (TPSA) is 88.6 Å². The van der Waals surface area contributed by atoms with E-state index < -0.39 is 21.7 Å². The van der Waals surface area contributed by atoms with Crippen LogP contribution in [0, 0.1) is 5.82 Å². The molecule has 174 valence electrons. The maximum atomic E-state index is 14.6. The van der Waals surface area contributed by atoms with Gasteiger partial charge in [-0.2, -0.15) is 4.31 Å². The van der Waals surface area contributed by atoms with Gasteiger partial charge in [0.05, 0.1) is 39.6 Å². The molecule has 1 aliphatic rings. The van der Waals surface area contributed by atoms with Crippen LogP contribution in [0.25, 0.3) is 20.8 Å². The van der Waals surface area contributed by atoms with Gasteiger partial charge in [0.1, 0.15) is 10.8 Å². The minimum atomic E-state index is -3.88. The van der Waals surface area contributed by atoms with E-state index in [1.165, 1.54) is 21.7 Å². The number of carbonyl (C=O) groups excluding carboxylic acids is 1. The first-order valence-electron chi connectivity index (χ1n) is 10.6. The van der Waals surface area contributed by atoms with Gasteiger partial charge in [-0.05, 0) is 42.5 Å². The fraction of sp³-hybridized carbons (Fsp3) is 0.167. The summed E-state index contributed by atoms with van der Waals surface area (Å²) < 4.78 is 48.0. The van der Waals surface area contributed by atoms with Gasteiger partial charge >= 0.3 is 0 Å².